The highest BCUT2D eigenvalue weighted by Gasteiger charge is 2.21. The fourth-order valence-corrected chi connectivity index (χ4v) is 1.36. The minimum absolute atomic E-state index is 0.153. The number of hydrogen-bond acceptors (Lipinski definition) is 5. The van der Waals surface area contributed by atoms with E-state index in [-0.39, 0.29) is 24.2 Å². The Morgan fingerprint density at radius 3 is 2.53 bits per heavy atom. The van der Waals surface area contributed by atoms with Gasteiger partial charge in [0.25, 0.3) is 5.69 Å². The van der Waals surface area contributed by atoms with E-state index in [9.17, 15) is 10.1 Å². The largest absolute Gasteiger partial charge is 0.456 e. The number of nitrogens with zero attached hydrogens (tertiary/aromatic N) is 1. The molecule has 0 bridgehead atoms. The van der Waals surface area contributed by atoms with E-state index in [2.05, 4.69) is 0 Å². The van der Waals surface area contributed by atoms with Gasteiger partial charge in [0.1, 0.15) is 0 Å². The highest BCUT2D eigenvalue weighted by Crippen LogP contribution is 2.23. The molecule has 0 aliphatic rings. The lowest BCUT2D eigenvalue weighted by Crippen LogP contribution is -2.17. The van der Waals surface area contributed by atoms with Crippen LogP contribution in [-0.4, -0.2) is 27.2 Å². The summed E-state index contributed by atoms with van der Waals surface area (Å²) in [7, 11) is -1.67. The van der Waals surface area contributed by atoms with Crippen LogP contribution < -0.4 is 0 Å². The highest BCUT2D eigenvalue weighted by atomic mass is 16.6. The van der Waals surface area contributed by atoms with E-state index < -0.39 is 12.0 Å². The molecular weight excluding hydrogens is 201 g/mol. The molecule has 0 radical (unpaired) electrons. The Morgan fingerprint density at radius 2 is 2.07 bits per heavy atom. The Labute approximate surface area is 86.1 Å². The van der Waals surface area contributed by atoms with Crippen LogP contribution in [0.3, 0.4) is 0 Å². The second-order valence-electron chi connectivity index (χ2n) is 3.01. The van der Waals surface area contributed by atoms with Crippen molar-refractivity contribution in [3.8, 4) is 0 Å². The van der Waals surface area contributed by atoms with E-state index >= 15 is 0 Å². The molecule has 0 unspecified atom stereocenters. The topological polar surface area (TPSA) is 104 Å². The van der Waals surface area contributed by atoms with Crippen molar-refractivity contribution in [1.29, 1.82) is 0 Å². The predicted molar refractivity (Wildman–Crippen MR) is 52.9 cm³/mol. The zero-order valence-electron chi connectivity index (χ0n) is 7.83. The molecule has 0 spiro atoms. The molecule has 0 aliphatic heterocycles. The average Bonchev–Trinajstić information content (AvgIpc) is 2.16. The first kappa shape index (κ1) is 11.6. The van der Waals surface area contributed by atoms with Crippen LogP contribution in [0.1, 0.15) is 11.1 Å². The summed E-state index contributed by atoms with van der Waals surface area (Å²) in [5.74, 6) is 0. The lowest BCUT2D eigenvalue weighted by atomic mass is 9.79. The number of rotatable bonds is 4. The monoisotopic (exact) mass is 211 g/mol. The fourth-order valence-electron chi connectivity index (χ4n) is 1.36. The van der Waals surface area contributed by atoms with Gasteiger partial charge in [-0.25, -0.2) is 0 Å². The molecular formula is C8H10BNO5. The molecule has 7 heteroatoms. The molecule has 0 heterocycles. The summed E-state index contributed by atoms with van der Waals surface area (Å²) in [5.41, 5.74) is 0.270. The van der Waals surface area contributed by atoms with Gasteiger partial charge in [0, 0.05) is 17.9 Å². The van der Waals surface area contributed by atoms with Gasteiger partial charge in [0.15, 0.2) is 0 Å². The maximum absolute atomic E-state index is 10.6. The van der Waals surface area contributed by atoms with Crippen LogP contribution in [0.2, 0.25) is 0 Å². The van der Waals surface area contributed by atoms with Crippen LogP contribution in [0.15, 0.2) is 18.2 Å². The quantitative estimate of drug-likeness (QED) is 0.358. The smallest absolute Gasteiger partial charge is 0.427 e. The van der Waals surface area contributed by atoms with Crippen molar-refractivity contribution in [2.24, 2.45) is 0 Å². The van der Waals surface area contributed by atoms with E-state index in [1.54, 1.807) is 0 Å². The summed E-state index contributed by atoms with van der Waals surface area (Å²) >= 11 is 0. The molecule has 0 saturated carbocycles. The summed E-state index contributed by atoms with van der Waals surface area (Å²) in [4.78, 5) is 10.0. The van der Waals surface area contributed by atoms with Crippen LogP contribution in [0, 0.1) is 10.1 Å². The first-order chi connectivity index (χ1) is 7.06. The van der Waals surface area contributed by atoms with Crippen molar-refractivity contribution in [2.75, 3.05) is 0 Å². The van der Waals surface area contributed by atoms with E-state index in [1.165, 1.54) is 18.2 Å². The van der Waals surface area contributed by atoms with Gasteiger partial charge < -0.3 is 15.2 Å². The average molecular weight is 211 g/mol. The third-order valence-electron chi connectivity index (χ3n) is 2.00. The summed E-state index contributed by atoms with van der Waals surface area (Å²) in [6.45, 7) is -0.371. The Balaban J connectivity index is 3.20. The minimum atomic E-state index is -1.67. The zero-order valence-corrected chi connectivity index (χ0v) is 7.83. The van der Waals surface area contributed by atoms with Gasteiger partial charge in [-0.2, -0.15) is 0 Å². The van der Waals surface area contributed by atoms with Crippen LogP contribution >= 0.6 is 0 Å². The van der Waals surface area contributed by atoms with Crippen LogP contribution in [0.5, 0.6) is 0 Å². The van der Waals surface area contributed by atoms with Crippen LogP contribution in [0.4, 0.5) is 5.69 Å². The Hall–Kier alpha value is -1.44. The van der Waals surface area contributed by atoms with Gasteiger partial charge in [-0.15, -0.1) is 0 Å². The van der Waals surface area contributed by atoms with Crippen molar-refractivity contribution in [2.45, 2.75) is 12.9 Å². The van der Waals surface area contributed by atoms with Crippen LogP contribution in [-0.2, 0) is 12.9 Å². The van der Waals surface area contributed by atoms with Gasteiger partial charge in [-0.05, 0) is 5.56 Å². The summed E-state index contributed by atoms with van der Waals surface area (Å²) in [6, 6.07) is 4.21. The normalized spacial score (nSPS) is 10.1. The maximum atomic E-state index is 10.6. The molecule has 0 atom stereocenters. The molecule has 1 aromatic carbocycles. The molecule has 0 aromatic heterocycles. The SMILES string of the molecule is O=[N+]([O-])c1cccc(CO)c1CB(O)O. The van der Waals surface area contributed by atoms with Crippen molar-refractivity contribution in [1.82, 2.24) is 0 Å². The molecule has 6 nitrogen and oxygen atoms in total. The van der Waals surface area contributed by atoms with Crippen molar-refractivity contribution >= 4 is 12.8 Å². The van der Waals surface area contributed by atoms with E-state index in [4.69, 9.17) is 15.2 Å². The second-order valence-corrected chi connectivity index (χ2v) is 3.01. The number of aliphatic hydroxyl groups is 1. The molecule has 15 heavy (non-hydrogen) atoms. The highest BCUT2D eigenvalue weighted by molar-refractivity contribution is 6.40. The maximum Gasteiger partial charge on any atom is 0.456 e. The summed E-state index contributed by atoms with van der Waals surface area (Å²) in [6.07, 6.45) is -0.271. The van der Waals surface area contributed by atoms with E-state index in [0.29, 0.717) is 5.56 Å². The number of nitro groups is 1. The number of aliphatic hydroxyl groups excluding tert-OH is 1. The molecule has 0 amide bonds. The first-order valence-electron chi connectivity index (χ1n) is 4.28. The van der Waals surface area contributed by atoms with Gasteiger partial charge in [-0.1, -0.05) is 12.1 Å². The number of hydrogen-bond donors (Lipinski definition) is 3. The van der Waals surface area contributed by atoms with E-state index in [1.807, 2.05) is 0 Å². The van der Waals surface area contributed by atoms with Crippen molar-refractivity contribution in [3.63, 3.8) is 0 Å². The van der Waals surface area contributed by atoms with Gasteiger partial charge in [0.05, 0.1) is 11.5 Å². The molecule has 1 aromatic rings. The minimum Gasteiger partial charge on any atom is -0.427 e. The van der Waals surface area contributed by atoms with Gasteiger partial charge in [0.2, 0.25) is 0 Å². The lowest BCUT2D eigenvalue weighted by molar-refractivity contribution is -0.385. The van der Waals surface area contributed by atoms with Crippen molar-refractivity contribution < 1.29 is 20.1 Å². The van der Waals surface area contributed by atoms with Gasteiger partial charge in [-0.3, -0.25) is 10.1 Å². The zero-order chi connectivity index (χ0) is 11.4. The molecule has 80 valence electrons. The van der Waals surface area contributed by atoms with Gasteiger partial charge >= 0.3 is 7.12 Å². The molecule has 0 aliphatic carbocycles. The Morgan fingerprint density at radius 1 is 1.40 bits per heavy atom. The molecule has 3 N–H and O–H groups in total. The lowest BCUT2D eigenvalue weighted by Gasteiger charge is -2.06. The first-order valence-corrected chi connectivity index (χ1v) is 4.28. The van der Waals surface area contributed by atoms with Crippen LogP contribution in [0.25, 0.3) is 0 Å². The fraction of sp³-hybridized carbons (Fsp3) is 0.250. The third kappa shape index (κ3) is 2.75. The molecule has 0 fully saturated rings. The van der Waals surface area contributed by atoms with Crippen molar-refractivity contribution in [3.05, 3.63) is 39.4 Å². The number of benzene rings is 1. The molecule has 0 saturated heterocycles. The molecule has 1 rings (SSSR count). The Kier molecular flexibility index (Phi) is 3.78. The third-order valence-corrected chi connectivity index (χ3v) is 2.00. The van der Waals surface area contributed by atoms with E-state index in [0.717, 1.165) is 0 Å². The Bertz CT molecular complexity index is 368. The summed E-state index contributed by atoms with van der Waals surface area (Å²) in [5, 5.41) is 37.2. The summed E-state index contributed by atoms with van der Waals surface area (Å²) < 4.78 is 0. The predicted octanol–water partition coefficient (Wildman–Crippen LogP) is -0.358. The standard InChI is InChI=1S/C8H10BNO5/c11-5-6-2-1-3-8(10(14)15)7(6)4-9(12)13/h1-3,11-13H,4-5H2. The second kappa shape index (κ2) is 4.88. The number of nitro benzene ring substituents is 1.